The molecular weight excluding hydrogens is 351 g/mol. The standard InChI is InChI=1S/C24H25FN2O/c1-17-22(24(28)26-20-10-6-3-7-11-20)16-23(18-8-4-2-5-9-18)27(17)21-14-12-19(25)13-15-21/h2,4-5,8-9,12-16,20H,3,6-7,10-11H2,1H3,(H,26,28). The number of benzene rings is 2. The van der Waals surface area contributed by atoms with Crippen LogP contribution in [0.15, 0.2) is 60.7 Å². The fourth-order valence-corrected chi connectivity index (χ4v) is 4.09. The number of aromatic nitrogens is 1. The monoisotopic (exact) mass is 376 g/mol. The Morgan fingerprint density at radius 1 is 1.00 bits per heavy atom. The number of carbonyl (C=O) groups excluding carboxylic acids is 1. The van der Waals surface area contributed by atoms with Gasteiger partial charge < -0.3 is 9.88 Å². The van der Waals surface area contributed by atoms with Crippen LogP contribution in [0.3, 0.4) is 0 Å². The van der Waals surface area contributed by atoms with Crippen molar-refractivity contribution in [2.24, 2.45) is 0 Å². The van der Waals surface area contributed by atoms with E-state index in [0.717, 1.165) is 35.5 Å². The lowest BCUT2D eigenvalue weighted by atomic mass is 9.95. The number of hydrogen-bond acceptors (Lipinski definition) is 1. The van der Waals surface area contributed by atoms with Crippen LogP contribution in [-0.4, -0.2) is 16.5 Å². The number of amides is 1. The lowest BCUT2D eigenvalue weighted by Crippen LogP contribution is -2.36. The van der Waals surface area contributed by atoms with Crippen LogP contribution in [0.5, 0.6) is 0 Å². The Kier molecular flexibility index (Phi) is 5.29. The van der Waals surface area contributed by atoms with Crippen LogP contribution >= 0.6 is 0 Å². The molecule has 0 saturated heterocycles. The molecule has 4 rings (SSSR count). The molecule has 1 N–H and O–H groups in total. The summed E-state index contributed by atoms with van der Waals surface area (Å²) in [7, 11) is 0. The summed E-state index contributed by atoms with van der Waals surface area (Å²) in [5.74, 6) is -0.299. The minimum Gasteiger partial charge on any atom is -0.349 e. The first-order chi connectivity index (χ1) is 13.6. The van der Waals surface area contributed by atoms with Crippen molar-refractivity contribution in [2.75, 3.05) is 0 Å². The third kappa shape index (κ3) is 3.72. The van der Waals surface area contributed by atoms with E-state index in [1.807, 2.05) is 47.9 Å². The molecule has 0 bridgehead atoms. The predicted molar refractivity (Wildman–Crippen MR) is 110 cm³/mol. The number of rotatable bonds is 4. The van der Waals surface area contributed by atoms with Gasteiger partial charge >= 0.3 is 0 Å². The molecule has 0 radical (unpaired) electrons. The highest BCUT2D eigenvalue weighted by atomic mass is 19.1. The quantitative estimate of drug-likeness (QED) is 0.627. The largest absolute Gasteiger partial charge is 0.349 e. The molecule has 1 saturated carbocycles. The summed E-state index contributed by atoms with van der Waals surface area (Å²) in [4.78, 5) is 13.0. The second kappa shape index (κ2) is 8.01. The lowest BCUT2D eigenvalue weighted by Gasteiger charge is -2.22. The second-order valence-electron chi connectivity index (χ2n) is 7.51. The summed E-state index contributed by atoms with van der Waals surface area (Å²) in [6.45, 7) is 1.95. The van der Waals surface area contributed by atoms with Gasteiger partial charge in [-0.05, 0) is 55.7 Å². The minimum atomic E-state index is -0.273. The summed E-state index contributed by atoms with van der Waals surface area (Å²) in [5, 5.41) is 3.22. The van der Waals surface area contributed by atoms with Crippen molar-refractivity contribution in [3.63, 3.8) is 0 Å². The molecule has 4 heteroatoms. The first-order valence-electron chi connectivity index (χ1n) is 9.98. The molecule has 1 amide bonds. The van der Waals surface area contributed by atoms with Crippen LogP contribution in [0, 0.1) is 12.7 Å². The zero-order valence-electron chi connectivity index (χ0n) is 16.1. The van der Waals surface area contributed by atoms with Crippen molar-refractivity contribution in [3.05, 3.63) is 77.7 Å². The van der Waals surface area contributed by atoms with Crippen LogP contribution in [0.1, 0.15) is 48.2 Å². The smallest absolute Gasteiger partial charge is 0.253 e. The summed E-state index contributed by atoms with van der Waals surface area (Å²) < 4.78 is 15.5. The molecule has 2 aromatic carbocycles. The molecule has 28 heavy (non-hydrogen) atoms. The number of hydrogen-bond donors (Lipinski definition) is 1. The van der Waals surface area contributed by atoms with Gasteiger partial charge in [0, 0.05) is 17.4 Å². The molecule has 1 aliphatic carbocycles. The van der Waals surface area contributed by atoms with E-state index < -0.39 is 0 Å². The van der Waals surface area contributed by atoms with Gasteiger partial charge in [-0.1, -0.05) is 49.6 Å². The maximum absolute atomic E-state index is 13.4. The predicted octanol–water partition coefficient (Wildman–Crippen LogP) is 5.65. The zero-order valence-corrected chi connectivity index (χ0v) is 16.1. The SMILES string of the molecule is Cc1c(C(=O)NC2CCCCC2)cc(-c2ccccc2)n1-c1ccc(F)cc1. The van der Waals surface area contributed by atoms with Crippen LogP contribution in [0.25, 0.3) is 16.9 Å². The summed E-state index contributed by atoms with van der Waals surface area (Å²) in [5.41, 5.74) is 4.33. The highest BCUT2D eigenvalue weighted by Gasteiger charge is 2.22. The van der Waals surface area contributed by atoms with Gasteiger partial charge in [0.25, 0.3) is 5.91 Å². The van der Waals surface area contributed by atoms with Gasteiger partial charge in [-0.3, -0.25) is 4.79 Å². The van der Waals surface area contributed by atoms with E-state index in [0.29, 0.717) is 5.56 Å². The van der Waals surface area contributed by atoms with Gasteiger partial charge in [-0.2, -0.15) is 0 Å². The number of halogens is 1. The Morgan fingerprint density at radius 3 is 2.36 bits per heavy atom. The Labute approximate surface area is 165 Å². The van der Waals surface area contributed by atoms with E-state index in [1.165, 1.54) is 31.4 Å². The average Bonchev–Trinajstić information content (AvgIpc) is 3.07. The van der Waals surface area contributed by atoms with Gasteiger partial charge in [-0.15, -0.1) is 0 Å². The molecule has 1 aliphatic rings. The molecule has 144 valence electrons. The molecule has 1 fully saturated rings. The first kappa shape index (κ1) is 18.5. The lowest BCUT2D eigenvalue weighted by molar-refractivity contribution is 0.0927. The number of nitrogens with one attached hydrogen (secondary N) is 1. The van der Waals surface area contributed by atoms with Gasteiger partial charge in [0.15, 0.2) is 0 Å². The fraction of sp³-hybridized carbons (Fsp3) is 0.292. The summed E-state index contributed by atoms with van der Waals surface area (Å²) >= 11 is 0. The molecule has 1 aromatic heterocycles. The van der Waals surface area contributed by atoms with E-state index in [2.05, 4.69) is 5.32 Å². The Morgan fingerprint density at radius 2 is 1.68 bits per heavy atom. The van der Waals surface area contributed by atoms with Crippen molar-refractivity contribution >= 4 is 5.91 Å². The minimum absolute atomic E-state index is 0.0255. The van der Waals surface area contributed by atoms with Crippen LogP contribution in [-0.2, 0) is 0 Å². The Hall–Kier alpha value is -2.88. The molecule has 0 aliphatic heterocycles. The van der Waals surface area contributed by atoms with E-state index in [9.17, 15) is 9.18 Å². The summed E-state index contributed by atoms with van der Waals surface area (Å²) in [6.07, 6.45) is 5.71. The molecule has 3 nitrogen and oxygen atoms in total. The molecular formula is C24H25FN2O. The fourth-order valence-electron chi connectivity index (χ4n) is 4.09. The molecule has 3 aromatic rings. The van der Waals surface area contributed by atoms with Crippen molar-refractivity contribution in [3.8, 4) is 16.9 Å². The molecule has 0 unspecified atom stereocenters. The van der Waals surface area contributed by atoms with Crippen LogP contribution in [0.4, 0.5) is 4.39 Å². The van der Waals surface area contributed by atoms with Crippen molar-refractivity contribution in [1.82, 2.24) is 9.88 Å². The van der Waals surface area contributed by atoms with Gasteiger partial charge in [0.2, 0.25) is 0 Å². The van der Waals surface area contributed by atoms with Gasteiger partial charge in [0.05, 0.1) is 11.3 Å². The third-order valence-electron chi connectivity index (χ3n) is 5.59. The van der Waals surface area contributed by atoms with Gasteiger partial charge in [0.1, 0.15) is 5.82 Å². The number of carbonyl (C=O) groups is 1. The van der Waals surface area contributed by atoms with E-state index in [1.54, 1.807) is 12.1 Å². The zero-order chi connectivity index (χ0) is 19.5. The van der Waals surface area contributed by atoms with E-state index >= 15 is 0 Å². The van der Waals surface area contributed by atoms with Gasteiger partial charge in [-0.25, -0.2) is 4.39 Å². The van der Waals surface area contributed by atoms with E-state index in [-0.39, 0.29) is 17.8 Å². The van der Waals surface area contributed by atoms with Crippen molar-refractivity contribution in [2.45, 2.75) is 45.1 Å². The van der Waals surface area contributed by atoms with Crippen LogP contribution < -0.4 is 5.32 Å². The molecule has 1 heterocycles. The van der Waals surface area contributed by atoms with Crippen LogP contribution in [0.2, 0.25) is 0 Å². The third-order valence-corrected chi connectivity index (χ3v) is 5.59. The highest BCUT2D eigenvalue weighted by molar-refractivity contribution is 5.97. The summed E-state index contributed by atoms with van der Waals surface area (Å²) in [6, 6.07) is 18.6. The molecule has 0 atom stereocenters. The Balaban J connectivity index is 1.75. The topological polar surface area (TPSA) is 34.0 Å². The second-order valence-corrected chi connectivity index (χ2v) is 7.51. The van der Waals surface area contributed by atoms with Crippen molar-refractivity contribution in [1.29, 1.82) is 0 Å². The van der Waals surface area contributed by atoms with Crippen molar-refractivity contribution < 1.29 is 9.18 Å². The Bertz CT molecular complexity index is 954. The maximum atomic E-state index is 13.4. The maximum Gasteiger partial charge on any atom is 0.253 e. The number of nitrogens with zero attached hydrogens (tertiary/aromatic N) is 1. The normalized spacial score (nSPS) is 14.8. The first-order valence-corrected chi connectivity index (χ1v) is 9.98. The molecule has 0 spiro atoms. The van der Waals surface area contributed by atoms with E-state index in [4.69, 9.17) is 0 Å². The average molecular weight is 376 g/mol. The highest BCUT2D eigenvalue weighted by Crippen LogP contribution is 2.30.